The van der Waals surface area contributed by atoms with Crippen LogP contribution in [0, 0.1) is 0 Å². The van der Waals surface area contributed by atoms with Gasteiger partial charge in [-0.15, -0.1) is 0 Å². The molecule has 0 aliphatic heterocycles. The summed E-state index contributed by atoms with van der Waals surface area (Å²) in [7, 11) is 0. The van der Waals surface area contributed by atoms with E-state index in [1.54, 1.807) is 18.2 Å². The van der Waals surface area contributed by atoms with Crippen LogP contribution in [-0.2, 0) is 18.9 Å². The third-order valence-corrected chi connectivity index (χ3v) is 4.01. The summed E-state index contributed by atoms with van der Waals surface area (Å²) in [6.07, 6.45) is -7.47. The Kier molecular flexibility index (Phi) is 4.29. The van der Waals surface area contributed by atoms with Crippen LogP contribution in [0.4, 0.5) is 26.3 Å². The lowest BCUT2D eigenvalue weighted by molar-refractivity contribution is -0.141. The average molecular weight is 371 g/mol. The Morgan fingerprint density at radius 2 is 1.62 bits per heavy atom. The lowest BCUT2D eigenvalue weighted by Crippen LogP contribution is -2.14. The molecule has 2 aromatic carbocycles. The van der Waals surface area contributed by atoms with Gasteiger partial charge in [-0.2, -0.15) is 26.3 Å². The smallest absolute Gasteiger partial charge is 0.343 e. The maximum absolute atomic E-state index is 13.2. The fraction of sp³-hybridized carbons (Fsp3) is 0.167. The van der Waals surface area contributed by atoms with E-state index in [2.05, 4.69) is 0 Å². The molecule has 136 valence electrons. The van der Waals surface area contributed by atoms with Gasteiger partial charge in [0.25, 0.3) is 0 Å². The van der Waals surface area contributed by atoms with Crippen LogP contribution >= 0.6 is 0 Å². The van der Waals surface area contributed by atoms with Crippen molar-refractivity contribution in [3.63, 3.8) is 0 Å². The van der Waals surface area contributed by atoms with Gasteiger partial charge < -0.3 is 4.57 Å². The number of nitrogens with zero attached hydrogens (tertiary/aromatic N) is 1. The van der Waals surface area contributed by atoms with E-state index in [0.29, 0.717) is 41.0 Å². The fourth-order valence-electron chi connectivity index (χ4n) is 2.77. The van der Waals surface area contributed by atoms with Crippen molar-refractivity contribution in [3.05, 3.63) is 70.9 Å². The molecule has 8 heteroatoms. The summed E-state index contributed by atoms with van der Waals surface area (Å²) in [6, 6.07) is 7.63. The largest absolute Gasteiger partial charge is 0.416 e. The van der Waals surface area contributed by atoms with Crippen LogP contribution < -0.4 is 0 Å². The third-order valence-electron chi connectivity index (χ3n) is 4.01. The van der Waals surface area contributed by atoms with Gasteiger partial charge in [0.05, 0.1) is 11.1 Å². The quantitative estimate of drug-likeness (QED) is 0.438. The molecule has 0 amide bonds. The maximum atomic E-state index is 13.2. The number of carbonyl (C=O) groups is 1. The van der Waals surface area contributed by atoms with Gasteiger partial charge in [0.1, 0.15) is 6.29 Å². The minimum Gasteiger partial charge on any atom is -0.343 e. The Labute approximate surface area is 143 Å². The molecule has 3 rings (SSSR count). The second-order valence-electron chi connectivity index (χ2n) is 5.75. The van der Waals surface area contributed by atoms with E-state index in [1.165, 1.54) is 16.8 Å². The summed E-state index contributed by atoms with van der Waals surface area (Å²) < 4.78 is 79.7. The normalized spacial score (nSPS) is 12.5. The molecule has 0 radical (unpaired) electrons. The molecule has 26 heavy (non-hydrogen) atoms. The Morgan fingerprint density at radius 3 is 2.23 bits per heavy atom. The summed E-state index contributed by atoms with van der Waals surface area (Å²) in [5.74, 6) is 0. The number of rotatable bonds is 3. The lowest BCUT2D eigenvalue weighted by atomic mass is 10.0. The molecule has 0 aliphatic rings. The highest BCUT2D eigenvalue weighted by Gasteiger charge is 2.37. The Balaban J connectivity index is 2.12. The van der Waals surface area contributed by atoms with Crippen LogP contribution in [0.1, 0.15) is 27.0 Å². The first-order valence-corrected chi connectivity index (χ1v) is 7.41. The molecule has 0 saturated carbocycles. The molecule has 0 atom stereocenters. The number of hydrogen-bond acceptors (Lipinski definition) is 1. The molecule has 0 saturated heterocycles. The van der Waals surface area contributed by atoms with Gasteiger partial charge in [-0.05, 0) is 41.3 Å². The fourth-order valence-corrected chi connectivity index (χ4v) is 2.77. The molecule has 0 unspecified atom stereocenters. The van der Waals surface area contributed by atoms with Crippen LogP contribution in [0.2, 0.25) is 0 Å². The molecule has 0 N–H and O–H groups in total. The molecule has 0 fully saturated rings. The van der Waals surface area contributed by atoms with E-state index in [-0.39, 0.29) is 0 Å². The van der Waals surface area contributed by atoms with Gasteiger partial charge >= 0.3 is 12.4 Å². The van der Waals surface area contributed by atoms with E-state index < -0.39 is 35.6 Å². The topological polar surface area (TPSA) is 22.0 Å². The molecule has 0 bridgehead atoms. The number of fused-ring (bicyclic) bond motifs is 1. The first-order valence-electron chi connectivity index (χ1n) is 7.41. The van der Waals surface area contributed by atoms with Crippen molar-refractivity contribution in [2.45, 2.75) is 18.9 Å². The number of halogens is 6. The molecular formula is C18H11F6NO. The van der Waals surface area contributed by atoms with Gasteiger partial charge in [-0.1, -0.05) is 12.1 Å². The predicted molar refractivity (Wildman–Crippen MR) is 82.9 cm³/mol. The van der Waals surface area contributed by atoms with Gasteiger partial charge in [-0.3, -0.25) is 4.79 Å². The zero-order valence-electron chi connectivity index (χ0n) is 13.0. The van der Waals surface area contributed by atoms with Crippen molar-refractivity contribution in [1.29, 1.82) is 0 Å². The van der Waals surface area contributed by atoms with Crippen LogP contribution in [-0.4, -0.2) is 10.9 Å². The highest BCUT2D eigenvalue weighted by Crippen LogP contribution is 2.37. The van der Waals surface area contributed by atoms with Crippen molar-refractivity contribution in [2.24, 2.45) is 0 Å². The Bertz CT molecular complexity index is 968. The third kappa shape index (κ3) is 3.44. The highest BCUT2D eigenvalue weighted by molar-refractivity contribution is 5.87. The predicted octanol–water partition coefficient (Wildman–Crippen LogP) is 5.54. The SMILES string of the molecule is O=Cc1ccc2ccn(Cc3cc(C(F)(F)F)ccc3C(F)(F)F)c2c1. The number of carbonyl (C=O) groups excluding carboxylic acids is 1. The molecule has 1 aromatic heterocycles. The van der Waals surface area contributed by atoms with E-state index in [1.807, 2.05) is 0 Å². The first kappa shape index (κ1) is 18.0. The second-order valence-corrected chi connectivity index (χ2v) is 5.75. The van der Waals surface area contributed by atoms with Crippen molar-refractivity contribution in [1.82, 2.24) is 4.57 Å². The number of aromatic nitrogens is 1. The highest BCUT2D eigenvalue weighted by atomic mass is 19.4. The van der Waals surface area contributed by atoms with Crippen LogP contribution in [0.5, 0.6) is 0 Å². The van der Waals surface area contributed by atoms with E-state index >= 15 is 0 Å². The average Bonchev–Trinajstić information content (AvgIpc) is 2.95. The zero-order chi connectivity index (χ0) is 19.1. The van der Waals surface area contributed by atoms with Crippen LogP contribution in [0.25, 0.3) is 10.9 Å². The molecule has 0 spiro atoms. The molecular weight excluding hydrogens is 360 g/mol. The summed E-state index contributed by atoms with van der Waals surface area (Å²) in [4.78, 5) is 10.9. The molecule has 3 aromatic rings. The molecule has 1 heterocycles. The summed E-state index contributed by atoms with van der Waals surface area (Å²) in [5.41, 5.74) is -2.00. The number of hydrogen-bond donors (Lipinski definition) is 0. The van der Waals surface area contributed by atoms with Crippen molar-refractivity contribution in [2.75, 3.05) is 0 Å². The molecule has 2 nitrogen and oxygen atoms in total. The minimum absolute atomic E-state index is 0.317. The Morgan fingerprint density at radius 1 is 0.885 bits per heavy atom. The first-order chi connectivity index (χ1) is 12.1. The summed E-state index contributed by atoms with van der Waals surface area (Å²) in [6.45, 7) is -0.412. The van der Waals surface area contributed by atoms with Gasteiger partial charge in [-0.25, -0.2) is 0 Å². The van der Waals surface area contributed by atoms with E-state index in [9.17, 15) is 31.1 Å². The minimum atomic E-state index is -4.78. The number of aldehydes is 1. The lowest BCUT2D eigenvalue weighted by Gasteiger charge is -2.17. The number of alkyl halides is 6. The monoisotopic (exact) mass is 371 g/mol. The number of benzene rings is 2. The summed E-state index contributed by atoms with van der Waals surface area (Å²) >= 11 is 0. The van der Waals surface area contributed by atoms with Gasteiger partial charge in [0.15, 0.2) is 0 Å². The zero-order valence-corrected chi connectivity index (χ0v) is 13.0. The van der Waals surface area contributed by atoms with Crippen LogP contribution in [0.3, 0.4) is 0 Å². The Hall–Kier alpha value is -2.77. The standard InChI is InChI=1S/C18H11F6NO/c19-17(20,21)14-3-4-15(18(22,23)24)13(8-14)9-25-6-5-12-2-1-11(10-26)7-16(12)25/h1-8,10H,9H2. The summed E-state index contributed by atoms with van der Waals surface area (Å²) in [5, 5.41) is 0.663. The van der Waals surface area contributed by atoms with Crippen LogP contribution in [0.15, 0.2) is 48.7 Å². The van der Waals surface area contributed by atoms with Crippen molar-refractivity contribution < 1.29 is 31.1 Å². The van der Waals surface area contributed by atoms with Gasteiger partial charge in [0, 0.05) is 23.8 Å². The second kappa shape index (κ2) is 6.19. The van der Waals surface area contributed by atoms with E-state index in [0.717, 1.165) is 0 Å². The van der Waals surface area contributed by atoms with Crippen molar-refractivity contribution in [3.8, 4) is 0 Å². The maximum Gasteiger partial charge on any atom is 0.416 e. The van der Waals surface area contributed by atoms with Gasteiger partial charge in [0.2, 0.25) is 0 Å². The molecule has 0 aliphatic carbocycles. The van der Waals surface area contributed by atoms with E-state index in [4.69, 9.17) is 0 Å². The van der Waals surface area contributed by atoms with Crippen molar-refractivity contribution >= 4 is 17.2 Å².